The number of hydrogen-bond acceptors (Lipinski definition) is 4. The number of hydroxylamine groups is 2. The Bertz CT molecular complexity index is 1330. The van der Waals surface area contributed by atoms with Crippen LogP contribution in [0.1, 0.15) is 69.2 Å². The lowest BCUT2D eigenvalue weighted by Crippen LogP contribution is -2.60. The van der Waals surface area contributed by atoms with Crippen LogP contribution in [0.15, 0.2) is 115 Å². The van der Waals surface area contributed by atoms with Gasteiger partial charge in [-0.25, -0.2) is 0 Å². The van der Waals surface area contributed by atoms with Gasteiger partial charge in [0.1, 0.15) is 0 Å². The van der Waals surface area contributed by atoms with Gasteiger partial charge in [0.15, 0.2) is 17.0 Å². The predicted octanol–water partition coefficient (Wildman–Crippen LogP) is 7.20. The van der Waals surface area contributed by atoms with E-state index in [2.05, 4.69) is 32.8 Å². The third kappa shape index (κ3) is 4.67. The highest BCUT2D eigenvalue weighted by molar-refractivity contribution is 5.54. The minimum absolute atomic E-state index is 0.213. The molecule has 1 aliphatic rings. The number of rotatable bonds is 7. The highest BCUT2D eigenvalue weighted by atomic mass is 16.7. The van der Waals surface area contributed by atoms with Gasteiger partial charge < -0.3 is 15.1 Å². The van der Waals surface area contributed by atoms with Gasteiger partial charge in [0.05, 0.1) is 11.1 Å². The van der Waals surface area contributed by atoms with Crippen molar-refractivity contribution in [3.05, 3.63) is 138 Å². The van der Waals surface area contributed by atoms with E-state index >= 15 is 0 Å². The molecule has 0 aromatic heterocycles. The Hall–Kier alpha value is -3.44. The minimum atomic E-state index is -1.91. The Kier molecular flexibility index (Phi) is 7.15. The summed E-state index contributed by atoms with van der Waals surface area (Å²) in [6, 6.07) is 35.8. The van der Waals surface area contributed by atoms with E-state index in [4.69, 9.17) is 4.84 Å². The van der Waals surface area contributed by atoms with Crippen molar-refractivity contribution in [3.63, 3.8) is 0 Å². The number of benzene rings is 4. The van der Waals surface area contributed by atoms with E-state index in [9.17, 15) is 10.2 Å². The standard InChI is InChI=1S/C35H39NO3/c1-32(2)25-16-26-33(3,4)36(32)39-31-24-15-14-23-30(31)35(38,29-21-12-7-13-22-29)34(37,27-17-8-5-9-18-27)28-19-10-6-11-20-28/h5-15,17-24,37-38H,16,25-26H2,1-4H3. The van der Waals surface area contributed by atoms with Gasteiger partial charge in [-0.3, -0.25) is 0 Å². The van der Waals surface area contributed by atoms with E-state index in [0.29, 0.717) is 28.0 Å². The van der Waals surface area contributed by atoms with Gasteiger partial charge in [0.2, 0.25) is 0 Å². The van der Waals surface area contributed by atoms with Gasteiger partial charge in [-0.15, -0.1) is 5.06 Å². The molecule has 4 aromatic rings. The normalized spacial score (nSPS) is 18.7. The van der Waals surface area contributed by atoms with Crippen LogP contribution < -0.4 is 4.84 Å². The van der Waals surface area contributed by atoms with Crippen LogP contribution >= 0.6 is 0 Å². The summed E-state index contributed by atoms with van der Waals surface area (Å²) in [6.07, 6.45) is 3.12. The molecule has 5 rings (SSSR count). The molecule has 0 aliphatic carbocycles. The number of nitrogens with zero attached hydrogens (tertiary/aromatic N) is 1. The zero-order valence-corrected chi connectivity index (χ0v) is 23.3. The summed E-state index contributed by atoms with van der Waals surface area (Å²) < 4.78 is 0. The highest BCUT2D eigenvalue weighted by Crippen LogP contribution is 2.52. The monoisotopic (exact) mass is 521 g/mol. The molecule has 2 N–H and O–H groups in total. The second-order valence-electron chi connectivity index (χ2n) is 11.9. The van der Waals surface area contributed by atoms with Gasteiger partial charge in [0, 0.05) is 5.56 Å². The van der Waals surface area contributed by atoms with E-state index in [-0.39, 0.29) is 11.1 Å². The van der Waals surface area contributed by atoms with Crippen LogP contribution in [-0.2, 0) is 11.2 Å². The van der Waals surface area contributed by atoms with Crippen LogP contribution in [0.25, 0.3) is 0 Å². The number of aliphatic hydroxyl groups is 2. The topological polar surface area (TPSA) is 52.9 Å². The summed E-state index contributed by atoms with van der Waals surface area (Å²) in [6.45, 7) is 8.79. The second-order valence-corrected chi connectivity index (χ2v) is 11.9. The van der Waals surface area contributed by atoms with E-state index < -0.39 is 11.2 Å². The van der Waals surface area contributed by atoms with Crippen molar-refractivity contribution in [2.75, 3.05) is 0 Å². The van der Waals surface area contributed by atoms with E-state index in [1.807, 2.05) is 115 Å². The lowest BCUT2D eigenvalue weighted by atomic mass is 9.66. The van der Waals surface area contributed by atoms with Crippen LogP contribution in [0.2, 0.25) is 0 Å². The van der Waals surface area contributed by atoms with Crippen molar-refractivity contribution in [1.29, 1.82) is 0 Å². The van der Waals surface area contributed by atoms with Gasteiger partial charge >= 0.3 is 0 Å². The maximum Gasteiger partial charge on any atom is 0.155 e. The molecule has 202 valence electrons. The van der Waals surface area contributed by atoms with Crippen LogP contribution in [0, 0.1) is 0 Å². The number of piperidine rings is 1. The molecule has 1 fully saturated rings. The molecule has 4 nitrogen and oxygen atoms in total. The van der Waals surface area contributed by atoms with E-state index in [0.717, 1.165) is 19.3 Å². The quantitative estimate of drug-likeness (QED) is 0.270. The number of hydrogen-bond donors (Lipinski definition) is 2. The highest BCUT2D eigenvalue weighted by Gasteiger charge is 2.56. The van der Waals surface area contributed by atoms with Crippen molar-refractivity contribution in [1.82, 2.24) is 5.06 Å². The zero-order valence-electron chi connectivity index (χ0n) is 23.3. The van der Waals surface area contributed by atoms with Gasteiger partial charge in [-0.1, -0.05) is 109 Å². The maximum atomic E-state index is 13.2. The Morgan fingerprint density at radius 3 is 1.41 bits per heavy atom. The Morgan fingerprint density at radius 2 is 0.949 bits per heavy atom. The molecule has 1 saturated heterocycles. The number of para-hydroxylation sites is 1. The molecule has 39 heavy (non-hydrogen) atoms. The lowest BCUT2D eigenvalue weighted by Gasteiger charge is -2.51. The van der Waals surface area contributed by atoms with Crippen molar-refractivity contribution >= 4 is 0 Å². The van der Waals surface area contributed by atoms with E-state index in [1.165, 1.54) is 0 Å². The Labute approximate surface area is 232 Å². The average Bonchev–Trinajstić information content (AvgIpc) is 2.95. The molecule has 1 unspecified atom stereocenters. The first-order valence-electron chi connectivity index (χ1n) is 13.8. The fourth-order valence-electron chi connectivity index (χ4n) is 6.35. The van der Waals surface area contributed by atoms with Gasteiger partial charge in [0.25, 0.3) is 0 Å². The molecule has 0 spiro atoms. The van der Waals surface area contributed by atoms with Crippen molar-refractivity contribution < 1.29 is 15.1 Å². The molecule has 0 saturated carbocycles. The fourth-order valence-corrected chi connectivity index (χ4v) is 6.35. The molecule has 1 atom stereocenters. The molecule has 0 amide bonds. The Morgan fingerprint density at radius 1 is 0.564 bits per heavy atom. The molecular formula is C35H39NO3. The van der Waals surface area contributed by atoms with Crippen LogP contribution in [0.5, 0.6) is 5.75 Å². The summed E-state index contributed by atoms with van der Waals surface area (Å²) in [5, 5.41) is 28.3. The Balaban J connectivity index is 1.79. The van der Waals surface area contributed by atoms with Gasteiger partial charge in [-0.2, -0.15) is 0 Å². The minimum Gasteiger partial charge on any atom is -0.405 e. The zero-order chi connectivity index (χ0) is 27.7. The van der Waals surface area contributed by atoms with E-state index in [1.54, 1.807) is 0 Å². The van der Waals surface area contributed by atoms with Crippen molar-refractivity contribution in [2.45, 2.75) is 69.2 Å². The van der Waals surface area contributed by atoms with Crippen molar-refractivity contribution in [3.8, 4) is 5.75 Å². The molecule has 1 heterocycles. The third-order valence-electron chi connectivity index (χ3n) is 8.24. The molecule has 0 bridgehead atoms. The second kappa shape index (κ2) is 10.3. The van der Waals surface area contributed by atoms with Crippen molar-refractivity contribution in [2.24, 2.45) is 0 Å². The summed E-state index contributed by atoms with van der Waals surface area (Å²) in [5.41, 5.74) is -1.96. The summed E-state index contributed by atoms with van der Waals surface area (Å²) in [4.78, 5) is 6.81. The smallest absolute Gasteiger partial charge is 0.155 e. The average molecular weight is 522 g/mol. The van der Waals surface area contributed by atoms with Crippen LogP contribution in [0.4, 0.5) is 0 Å². The fraction of sp³-hybridized carbons (Fsp3) is 0.314. The summed E-state index contributed by atoms with van der Waals surface area (Å²) in [7, 11) is 0. The largest absolute Gasteiger partial charge is 0.405 e. The molecule has 1 aliphatic heterocycles. The lowest BCUT2D eigenvalue weighted by molar-refractivity contribution is -0.219. The van der Waals surface area contributed by atoms with Crippen LogP contribution in [-0.4, -0.2) is 26.4 Å². The molecule has 4 heteroatoms. The third-order valence-corrected chi connectivity index (χ3v) is 8.24. The molecule has 4 aromatic carbocycles. The first-order chi connectivity index (χ1) is 18.6. The van der Waals surface area contributed by atoms with Gasteiger partial charge in [-0.05, 0) is 69.7 Å². The van der Waals surface area contributed by atoms with Crippen LogP contribution in [0.3, 0.4) is 0 Å². The summed E-state index contributed by atoms with van der Waals surface area (Å²) in [5.74, 6) is 0.511. The SMILES string of the molecule is CC1(C)CCCC(C)(C)N1Oc1ccccc1C(O)(c1ccccc1)C(O)(c1ccccc1)c1ccccc1. The predicted molar refractivity (Wildman–Crippen MR) is 156 cm³/mol. The summed E-state index contributed by atoms with van der Waals surface area (Å²) >= 11 is 0. The first kappa shape index (κ1) is 27.1. The molecular weight excluding hydrogens is 482 g/mol. The maximum absolute atomic E-state index is 13.2. The molecule has 0 radical (unpaired) electrons. The first-order valence-corrected chi connectivity index (χ1v) is 13.8.